The Balaban J connectivity index is 2.15. The number of carbonyl (C=O) groups is 1. The molecule has 0 radical (unpaired) electrons. The van der Waals surface area contributed by atoms with Crippen molar-refractivity contribution in [1.29, 1.82) is 0 Å². The van der Waals surface area contributed by atoms with Crippen molar-refractivity contribution in [3.05, 3.63) is 33.3 Å². The molecule has 1 aliphatic carbocycles. The Morgan fingerprint density at radius 2 is 2.15 bits per heavy atom. The summed E-state index contributed by atoms with van der Waals surface area (Å²) < 4.78 is 0.705. The molecule has 0 heterocycles. The molecule has 3 nitrogen and oxygen atoms in total. The van der Waals surface area contributed by atoms with E-state index in [4.69, 9.17) is 11.6 Å². The van der Waals surface area contributed by atoms with E-state index < -0.39 is 5.54 Å². The van der Waals surface area contributed by atoms with Crippen LogP contribution in [0.15, 0.2) is 22.7 Å². The highest BCUT2D eigenvalue weighted by molar-refractivity contribution is 9.10. The number of aliphatic hydroxyl groups excluding tert-OH is 1. The zero-order valence-electron chi connectivity index (χ0n) is 11.5. The number of hydrogen-bond acceptors (Lipinski definition) is 2. The van der Waals surface area contributed by atoms with Crippen molar-refractivity contribution < 1.29 is 9.90 Å². The predicted octanol–water partition coefficient (Wildman–Crippen LogP) is 3.77. The lowest BCUT2D eigenvalue weighted by molar-refractivity contribution is 0.0716. The Morgan fingerprint density at radius 3 is 2.75 bits per heavy atom. The summed E-state index contributed by atoms with van der Waals surface area (Å²) in [6.07, 6.45) is 3.68. The lowest BCUT2D eigenvalue weighted by atomic mass is 9.77. The van der Waals surface area contributed by atoms with Crippen LogP contribution in [-0.4, -0.2) is 23.2 Å². The van der Waals surface area contributed by atoms with E-state index in [1.54, 1.807) is 18.2 Å². The maximum Gasteiger partial charge on any atom is 0.252 e. The van der Waals surface area contributed by atoms with E-state index in [2.05, 4.69) is 28.2 Å². The highest BCUT2D eigenvalue weighted by Crippen LogP contribution is 2.32. The van der Waals surface area contributed by atoms with Crippen LogP contribution in [0.2, 0.25) is 5.02 Å². The minimum absolute atomic E-state index is 0.0242. The molecule has 0 unspecified atom stereocenters. The fraction of sp³-hybridized carbons (Fsp3) is 0.533. The third-order valence-electron chi connectivity index (χ3n) is 4.09. The number of amides is 1. The number of rotatable bonds is 3. The number of carbonyl (C=O) groups excluding carboxylic acids is 1. The molecule has 0 saturated heterocycles. The number of nitrogens with one attached hydrogen (secondary N) is 1. The fourth-order valence-electron chi connectivity index (χ4n) is 2.62. The summed E-state index contributed by atoms with van der Waals surface area (Å²) in [6, 6.07) is 5.12. The zero-order valence-corrected chi connectivity index (χ0v) is 13.8. The van der Waals surface area contributed by atoms with Gasteiger partial charge in [0.2, 0.25) is 0 Å². The van der Waals surface area contributed by atoms with Crippen LogP contribution in [-0.2, 0) is 0 Å². The third kappa shape index (κ3) is 3.54. The lowest BCUT2D eigenvalue weighted by Gasteiger charge is -2.38. The molecular weight excluding hydrogens is 342 g/mol. The molecule has 2 rings (SSSR count). The van der Waals surface area contributed by atoms with Gasteiger partial charge in [-0.1, -0.05) is 18.5 Å². The van der Waals surface area contributed by atoms with E-state index in [0.29, 0.717) is 21.0 Å². The van der Waals surface area contributed by atoms with Crippen LogP contribution in [0.3, 0.4) is 0 Å². The minimum atomic E-state index is -0.495. The van der Waals surface area contributed by atoms with Crippen LogP contribution < -0.4 is 5.32 Å². The van der Waals surface area contributed by atoms with Gasteiger partial charge in [-0.05, 0) is 65.7 Å². The monoisotopic (exact) mass is 359 g/mol. The van der Waals surface area contributed by atoms with Gasteiger partial charge in [0.05, 0.1) is 17.7 Å². The van der Waals surface area contributed by atoms with Crippen molar-refractivity contribution in [3.63, 3.8) is 0 Å². The molecule has 1 fully saturated rings. The summed E-state index contributed by atoms with van der Waals surface area (Å²) in [5.41, 5.74) is 0.00896. The van der Waals surface area contributed by atoms with E-state index in [1.807, 2.05) is 0 Å². The van der Waals surface area contributed by atoms with Crippen LogP contribution in [0.1, 0.15) is 43.0 Å². The molecule has 1 aliphatic rings. The molecule has 1 amide bonds. The molecule has 2 N–H and O–H groups in total. The van der Waals surface area contributed by atoms with E-state index in [0.717, 1.165) is 25.7 Å². The Bertz CT molecular complexity index is 499. The van der Waals surface area contributed by atoms with Crippen molar-refractivity contribution in [2.45, 2.75) is 38.1 Å². The quantitative estimate of drug-likeness (QED) is 0.862. The first kappa shape index (κ1) is 15.8. The van der Waals surface area contributed by atoms with Gasteiger partial charge in [-0.25, -0.2) is 0 Å². The van der Waals surface area contributed by atoms with Crippen LogP contribution in [0.4, 0.5) is 0 Å². The second-order valence-electron chi connectivity index (χ2n) is 5.70. The normalized spacial score (nSPS) is 26.3. The number of halogens is 2. The van der Waals surface area contributed by atoms with Crippen molar-refractivity contribution in [2.75, 3.05) is 6.61 Å². The van der Waals surface area contributed by atoms with Crippen molar-refractivity contribution in [1.82, 2.24) is 5.32 Å². The maximum atomic E-state index is 12.4. The van der Waals surface area contributed by atoms with Gasteiger partial charge >= 0.3 is 0 Å². The summed E-state index contributed by atoms with van der Waals surface area (Å²) >= 11 is 9.30. The first-order chi connectivity index (χ1) is 9.46. The van der Waals surface area contributed by atoms with Crippen molar-refractivity contribution in [3.8, 4) is 0 Å². The van der Waals surface area contributed by atoms with Gasteiger partial charge in [0.15, 0.2) is 0 Å². The van der Waals surface area contributed by atoms with Crippen LogP contribution >= 0.6 is 27.5 Å². The van der Waals surface area contributed by atoms with Gasteiger partial charge in [-0.15, -0.1) is 0 Å². The van der Waals surface area contributed by atoms with Gasteiger partial charge < -0.3 is 10.4 Å². The summed E-state index contributed by atoms with van der Waals surface area (Å²) in [4.78, 5) is 12.4. The van der Waals surface area contributed by atoms with Gasteiger partial charge in [-0.2, -0.15) is 0 Å². The molecule has 110 valence electrons. The van der Waals surface area contributed by atoms with Crippen LogP contribution in [0.25, 0.3) is 0 Å². The summed E-state index contributed by atoms with van der Waals surface area (Å²) in [5.74, 6) is 0.465. The smallest absolute Gasteiger partial charge is 0.252 e. The van der Waals surface area contributed by atoms with E-state index in [9.17, 15) is 9.90 Å². The number of aliphatic hydroxyl groups is 1. The average Bonchev–Trinajstić information content (AvgIpc) is 2.44. The van der Waals surface area contributed by atoms with E-state index in [1.165, 1.54) is 0 Å². The van der Waals surface area contributed by atoms with E-state index in [-0.39, 0.29) is 12.5 Å². The Kier molecular flexibility index (Phi) is 5.10. The second-order valence-corrected chi connectivity index (χ2v) is 6.99. The molecule has 5 heteroatoms. The van der Waals surface area contributed by atoms with Crippen molar-refractivity contribution in [2.24, 2.45) is 5.92 Å². The Labute approximate surface area is 132 Å². The highest BCUT2D eigenvalue weighted by Gasteiger charge is 2.35. The summed E-state index contributed by atoms with van der Waals surface area (Å²) in [5, 5.41) is 13.2. The van der Waals surface area contributed by atoms with Crippen LogP contribution in [0, 0.1) is 5.92 Å². The predicted molar refractivity (Wildman–Crippen MR) is 84.1 cm³/mol. The largest absolute Gasteiger partial charge is 0.394 e. The highest BCUT2D eigenvalue weighted by atomic mass is 79.9. The summed E-state index contributed by atoms with van der Waals surface area (Å²) in [7, 11) is 0. The first-order valence-electron chi connectivity index (χ1n) is 6.84. The molecule has 0 spiro atoms. The second kappa shape index (κ2) is 6.46. The fourth-order valence-corrected chi connectivity index (χ4v) is 3.22. The van der Waals surface area contributed by atoms with Gasteiger partial charge in [0.1, 0.15) is 0 Å². The first-order valence-corrected chi connectivity index (χ1v) is 8.01. The minimum Gasteiger partial charge on any atom is -0.394 e. The maximum absolute atomic E-state index is 12.4. The SMILES string of the molecule is CC1CCC(CO)(NC(=O)c2cc(Cl)ccc2Br)CC1. The standard InChI is InChI=1S/C15H19BrClNO2/c1-10-4-6-15(9-19,7-5-10)18-14(20)12-8-11(17)2-3-13(12)16/h2-3,8,10,19H,4-7,9H2,1H3,(H,18,20). The third-order valence-corrected chi connectivity index (χ3v) is 5.01. The van der Waals surface area contributed by atoms with Gasteiger partial charge in [0.25, 0.3) is 5.91 Å². The molecule has 20 heavy (non-hydrogen) atoms. The average molecular weight is 361 g/mol. The Morgan fingerprint density at radius 1 is 1.50 bits per heavy atom. The lowest BCUT2D eigenvalue weighted by Crippen LogP contribution is -2.53. The molecule has 1 aromatic carbocycles. The van der Waals surface area contributed by atoms with E-state index >= 15 is 0 Å². The van der Waals surface area contributed by atoms with Crippen LogP contribution in [0.5, 0.6) is 0 Å². The number of benzene rings is 1. The van der Waals surface area contributed by atoms with Crippen molar-refractivity contribution >= 4 is 33.4 Å². The molecule has 1 aromatic rings. The zero-order chi connectivity index (χ0) is 14.8. The molecule has 1 saturated carbocycles. The van der Waals surface area contributed by atoms with Gasteiger partial charge in [0, 0.05) is 9.50 Å². The summed E-state index contributed by atoms with van der Waals surface area (Å²) in [6.45, 7) is 2.18. The number of hydrogen-bond donors (Lipinski definition) is 2. The van der Waals surface area contributed by atoms with Gasteiger partial charge in [-0.3, -0.25) is 4.79 Å². The molecule has 0 aromatic heterocycles. The molecular formula is C15H19BrClNO2. The topological polar surface area (TPSA) is 49.3 Å². The molecule has 0 atom stereocenters. The Hall–Kier alpha value is -0.580. The molecule has 0 bridgehead atoms. The molecule has 0 aliphatic heterocycles.